The molecule has 1 aromatic rings. The maximum absolute atomic E-state index is 12.8. The Morgan fingerprint density at radius 2 is 1.86 bits per heavy atom. The van der Waals surface area contributed by atoms with Gasteiger partial charge in [-0.15, -0.1) is 0 Å². The van der Waals surface area contributed by atoms with Crippen molar-refractivity contribution in [2.45, 2.75) is 13.1 Å². The van der Waals surface area contributed by atoms with Gasteiger partial charge in [0.1, 0.15) is 0 Å². The van der Waals surface area contributed by atoms with Crippen LogP contribution in [0.15, 0.2) is 30.4 Å². The lowest BCUT2D eigenvalue weighted by atomic mass is 9.85. The van der Waals surface area contributed by atoms with E-state index >= 15 is 0 Å². The average Bonchev–Trinajstić information content (AvgIpc) is 2.45. The smallest absolute Gasteiger partial charge is 0.395 e. The molecule has 0 bridgehead atoms. The van der Waals surface area contributed by atoms with Gasteiger partial charge in [-0.1, -0.05) is 25.2 Å². The Balaban J connectivity index is 2.35. The Hall–Kier alpha value is -1.98. The molecule has 0 N–H and O–H groups in total. The Morgan fingerprint density at radius 1 is 1.14 bits per heavy atom. The molecule has 1 heterocycles. The minimum atomic E-state index is -4.24. The second-order valence-corrected chi connectivity index (χ2v) is 4.82. The predicted octanol–water partition coefficient (Wildman–Crippen LogP) is 3.87. The fourth-order valence-electron chi connectivity index (χ4n) is 2.32. The molecule has 1 aromatic heterocycles. The number of methoxy groups -OCH3 is 2. The summed E-state index contributed by atoms with van der Waals surface area (Å²) in [6.45, 7) is 1.55. The number of allylic oxidation sites excluding steroid dienone is 4. The molecule has 1 aliphatic carbocycles. The number of nitrogens with zero attached hydrogens (tertiary/aromatic N) is 1. The zero-order chi connectivity index (χ0) is 15.6. The Kier molecular flexibility index (Phi) is 4.25. The number of aromatic nitrogens is 1. The van der Waals surface area contributed by atoms with Crippen molar-refractivity contribution in [2.75, 3.05) is 14.2 Å². The van der Waals surface area contributed by atoms with E-state index in [1.807, 2.05) is 0 Å². The Bertz CT molecular complexity index is 579. The van der Waals surface area contributed by atoms with E-state index in [-0.39, 0.29) is 0 Å². The molecule has 0 saturated carbocycles. The molecule has 2 atom stereocenters. The summed E-state index contributed by atoms with van der Waals surface area (Å²) in [5, 5.41) is 0. The zero-order valence-electron chi connectivity index (χ0n) is 11.9. The standard InChI is InChI=1S/C15H16F3NO2/c1-9-8-10(4-6-12(9)15(16,17)18)11-5-7-13(20-2)19-14(11)21-3/h4-9,12H,1-3H3. The summed E-state index contributed by atoms with van der Waals surface area (Å²) in [6.07, 6.45) is -0.00179. The van der Waals surface area contributed by atoms with E-state index in [1.54, 1.807) is 25.1 Å². The molecule has 0 spiro atoms. The van der Waals surface area contributed by atoms with Crippen molar-refractivity contribution in [3.63, 3.8) is 0 Å². The second kappa shape index (κ2) is 5.79. The van der Waals surface area contributed by atoms with Gasteiger partial charge in [0.05, 0.1) is 20.1 Å². The van der Waals surface area contributed by atoms with Crippen LogP contribution in [-0.4, -0.2) is 25.4 Å². The average molecular weight is 299 g/mol. The fraction of sp³-hybridized carbons (Fsp3) is 0.400. The first-order valence-electron chi connectivity index (χ1n) is 6.43. The highest BCUT2D eigenvalue weighted by molar-refractivity contribution is 5.78. The van der Waals surface area contributed by atoms with Crippen LogP contribution in [0, 0.1) is 11.8 Å². The highest BCUT2D eigenvalue weighted by atomic mass is 19.4. The molecule has 0 fully saturated rings. The lowest BCUT2D eigenvalue weighted by Crippen LogP contribution is -2.27. The normalized spacial score (nSPS) is 21.9. The summed E-state index contributed by atoms with van der Waals surface area (Å²) >= 11 is 0. The van der Waals surface area contributed by atoms with E-state index in [2.05, 4.69) is 4.98 Å². The monoisotopic (exact) mass is 299 g/mol. The molecule has 0 aromatic carbocycles. The molecule has 0 amide bonds. The fourth-order valence-corrected chi connectivity index (χ4v) is 2.32. The molecule has 6 heteroatoms. The van der Waals surface area contributed by atoms with E-state index in [4.69, 9.17) is 9.47 Å². The molecule has 2 rings (SSSR count). The van der Waals surface area contributed by atoms with Gasteiger partial charge in [0, 0.05) is 11.6 Å². The lowest BCUT2D eigenvalue weighted by molar-refractivity contribution is -0.168. The highest BCUT2D eigenvalue weighted by Crippen LogP contribution is 2.40. The van der Waals surface area contributed by atoms with E-state index in [9.17, 15) is 13.2 Å². The first-order valence-corrected chi connectivity index (χ1v) is 6.43. The van der Waals surface area contributed by atoms with Crippen LogP contribution in [0.4, 0.5) is 13.2 Å². The van der Waals surface area contributed by atoms with Crippen LogP contribution < -0.4 is 9.47 Å². The van der Waals surface area contributed by atoms with E-state index in [1.165, 1.54) is 26.4 Å². The van der Waals surface area contributed by atoms with Crippen molar-refractivity contribution in [1.82, 2.24) is 4.98 Å². The highest BCUT2D eigenvalue weighted by Gasteiger charge is 2.41. The maximum atomic E-state index is 12.8. The van der Waals surface area contributed by atoms with Crippen molar-refractivity contribution in [2.24, 2.45) is 11.8 Å². The number of hydrogen-bond acceptors (Lipinski definition) is 3. The van der Waals surface area contributed by atoms with Crippen LogP contribution in [-0.2, 0) is 0 Å². The van der Waals surface area contributed by atoms with E-state index in [0.717, 1.165) is 0 Å². The van der Waals surface area contributed by atoms with Crippen LogP contribution in [0.25, 0.3) is 5.57 Å². The largest absolute Gasteiger partial charge is 0.481 e. The maximum Gasteiger partial charge on any atom is 0.395 e. The molecule has 21 heavy (non-hydrogen) atoms. The topological polar surface area (TPSA) is 31.4 Å². The minimum absolute atomic E-state index is 0.322. The molecule has 0 radical (unpaired) electrons. The molecular weight excluding hydrogens is 283 g/mol. The summed E-state index contributed by atoms with van der Waals surface area (Å²) in [4.78, 5) is 4.14. The first kappa shape index (κ1) is 15.4. The molecule has 0 aliphatic heterocycles. The third-order valence-electron chi connectivity index (χ3n) is 3.42. The van der Waals surface area contributed by atoms with Gasteiger partial charge < -0.3 is 9.47 Å². The molecule has 3 nitrogen and oxygen atoms in total. The van der Waals surface area contributed by atoms with E-state index < -0.39 is 18.0 Å². The van der Waals surface area contributed by atoms with Crippen LogP contribution in [0.3, 0.4) is 0 Å². The predicted molar refractivity (Wildman–Crippen MR) is 73.2 cm³/mol. The van der Waals surface area contributed by atoms with Gasteiger partial charge in [-0.3, -0.25) is 0 Å². The first-order chi connectivity index (χ1) is 9.86. The molecule has 2 unspecified atom stereocenters. The van der Waals surface area contributed by atoms with Crippen molar-refractivity contribution in [1.29, 1.82) is 0 Å². The van der Waals surface area contributed by atoms with E-state index in [0.29, 0.717) is 22.9 Å². The van der Waals surface area contributed by atoms with Crippen molar-refractivity contribution < 1.29 is 22.6 Å². The molecule has 0 saturated heterocycles. The number of ether oxygens (including phenoxy) is 2. The van der Waals surface area contributed by atoms with Gasteiger partial charge in [0.15, 0.2) is 0 Å². The van der Waals surface area contributed by atoms with Gasteiger partial charge in [0.25, 0.3) is 0 Å². The summed E-state index contributed by atoms with van der Waals surface area (Å²) in [7, 11) is 2.94. The van der Waals surface area contributed by atoms with Crippen LogP contribution >= 0.6 is 0 Å². The molecule has 114 valence electrons. The minimum Gasteiger partial charge on any atom is -0.481 e. The van der Waals surface area contributed by atoms with Crippen molar-refractivity contribution in [3.8, 4) is 11.8 Å². The summed E-state index contributed by atoms with van der Waals surface area (Å²) in [5.41, 5.74) is 1.30. The number of hydrogen-bond donors (Lipinski definition) is 0. The zero-order valence-corrected chi connectivity index (χ0v) is 11.9. The molecule has 1 aliphatic rings. The third-order valence-corrected chi connectivity index (χ3v) is 3.42. The van der Waals surface area contributed by atoms with Gasteiger partial charge in [-0.05, 0) is 17.6 Å². The van der Waals surface area contributed by atoms with Crippen LogP contribution in [0.2, 0.25) is 0 Å². The summed E-state index contributed by atoms with van der Waals surface area (Å²) in [6, 6.07) is 3.37. The quantitative estimate of drug-likeness (QED) is 0.849. The second-order valence-electron chi connectivity index (χ2n) is 4.82. The van der Waals surface area contributed by atoms with Gasteiger partial charge in [-0.25, -0.2) is 0 Å². The number of rotatable bonds is 3. The summed E-state index contributed by atoms with van der Waals surface area (Å²) in [5.74, 6) is -1.39. The van der Waals surface area contributed by atoms with Gasteiger partial charge in [0.2, 0.25) is 11.8 Å². The van der Waals surface area contributed by atoms with Crippen molar-refractivity contribution >= 4 is 5.57 Å². The number of pyridine rings is 1. The van der Waals surface area contributed by atoms with Crippen molar-refractivity contribution in [3.05, 3.63) is 35.9 Å². The number of alkyl halides is 3. The van der Waals surface area contributed by atoms with Crippen LogP contribution in [0.5, 0.6) is 11.8 Å². The lowest BCUT2D eigenvalue weighted by Gasteiger charge is -2.25. The Labute approximate surface area is 121 Å². The Morgan fingerprint density at radius 3 is 2.38 bits per heavy atom. The molecular formula is C15H16F3NO2. The van der Waals surface area contributed by atoms with Crippen LogP contribution in [0.1, 0.15) is 12.5 Å². The SMILES string of the molecule is COc1ccc(C2=CC(C)C(C(F)(F)F)C=C2)c(OC)n1. The van der Waals surface area contributed by atoms with Gasteiger partial charge in [-0.2, -0.15) is 18.2 Å². The van der Waals surface area contributed by atoms with Gasteiger partial charge >= 0.3 is 6.18 Å². The number of halogens is 3. The summed E-state index contributed by atoms with van der Waals surface area (Å²) < 4.78 is 48.7. The third kappa shape index (κ3) is 3.20.